The molecule has 1 aromatic carbocycles. The molecule has 1 saturated heterocycles. The molecule has 1 fully saturated rings. The van der Waals surface area contributed by atoms with Gasteiger partial charge in [-0.1, -0.05) is 17.2 Å². The van der Waals surface area contributed by atoms with Crippen LogP contribution in [0.3, 0.4) is 0 Å². The van der Waals surface area contributed by atoms with Gasteiger partial charge in [-0.15, -0.1) is 11.5 Å². The second kappa shape index (κ2) is 5.15. The Balaban J connectivity index is 1.72. The summed E-state index contributed by atoms with van der Waals surface area (Å²) in [6, 6.07) is 7.39. The molecule has 0 bridgehead atoms. The van der Waals surface area contributed by atoms with Gasteiger partial charge in [0.15, 0.2) is 5.69 Å². The highest BCUT2D eigenvalue weighted by atomic mass is 16.2. The lowest BCUT2D eigenvalue weighted by molar-refractivity contribution is 0.102. The smallest absolute Gasteiger partial charge is 0.277 e. The Labute approximate surface area is 116 Å². The summed E-state index contributed by atoms with van der Waals surface area (Å²) in [6.45, 7) is 1.71. The Morgan fingerprint density at radius 1 is 1.50 bits per heavy atom. The monoisotopic (exact) mass is 267 g/mol. The van der Waals surface area contributed by atoms with Crippen LogP contribution in [0.15, 0.2) is 30.5 Å². The van der Waals surface area contributed by atoms with Gasteiger partial charge in [-0.25, -0.2) is 4.68 Å². The number of carbonyl (C=O) groups is 1. The molecule has 0 radical (unpaired) electrons. The van der Waals surface area contributed by atoms with Crippen molar-refractivity contribution in [2.75, 3.05) is 18.4 Å². The first kappa shape index (κ1) is 12.4. The molecule has 3 rings (SSSR count). The number of amides is 1. The van der Waals surface area contributed by atoms with E-state index < -0.39 is 0 Å². The quantitative estimate of drug-likeness (QED) is 0.801. The van der Waals surface area contributed by atoms with E-state index >= 15 is 0 Å². The van der Waals surface area contributed by atoms with Gasteiger partial charge in [0.1, 0.15) is 0 Å². The number of hydrogen-bond acceptors (Lipinski definition) is 4. The molecular formula is C14H13N5O. The first-order valence-corrected chi connectivity index (χ1v) is 6.27. The van der Waals surface area contributed by atoms with Crippen molar-refractivity contribution in [3.8, 4) is 12.3 Å². The molecule has 0 spiro atoms. The summed E-state index contributed by atoms with van der Waals surface area (Å²) in [6.07, 6.45) is 6.98. The molecule has 6 nitrogen and oxygen atoms in total. The fourth-order valence-corrected chi connectivity index (χ4v) is 1.90. The molecule has 2 heterocycles. The van der Waals surface area contributed by atoms with Gasteiger partial charge in [0.25, 0.3) is 5.91 Å². The number of terminal acetylenes is 1. The van der Waals surface area contributed by atoms with E-state index in [4.69, 9.17) is 6.42 Å². The predicted octanol–water partition coefficient (Wildman–Crippen LogP) is 0.656. The molecule has 6 heteroatoms. The average molecular weight is 267 g/mol. The second-order valence-electron chi connectivity index (χ2n) is 4.58. The number of carbonyl (C=O) groups excluding carboxylic acids is 1. The SMILES string of the molecule is C#Cc1cccc(NC(=O)c2cn(C3CNC3)nn2)c1. The van der Waals surface area contributed by atoms with Gasteiger partial charge in [0.2, 0.25) is 0 Å². The topological polar surface area (TPSA) is 71.8 Å². The minimum atomic E-state index is -0.294. The summed E-state index contributed by atoms with van der Waals surface area (Å²) < 4.78 is 1.71. The molecule has 0 atom stereocenters. The van der Waals surface area contributed by atoms with Gasteiger partial charge in [0.05, 0.1) is 12.2 Å². The number of anilines is 1. The van der Waals surface area contributed by atoms with Crippen molar-refractivity contribution >= 4 is 11.6 Å². The Morgan fingerprint density at radius 2 is 2.35 bits per heavy atom. The zero-order valence-corrected chi connectivity index (χ0v) is 10.7. The van der Waals surface area contributed by atoms with Crippen LogP contribution in [-0.2, 0) is 0 Å². The van der Waals surface area contributed by atoms with Crippen LogP contribution in [0.25, 0.3) is 0 Å². The summed E-state index contributed by atoms with van der Waals surface area (Å²) in [4.78, 5) is 12.1. The van der Waals surface area contributed by atoms with Gasteiger partial charge in [-0.2, -0.15) is 0 Å². The summed E-state index contributed by atoms with van der Waals surface area (Å²) in [5.74, 6) is 2.23. The third kappa shape index (κ3) is 2.39. The van der Waals surface area contributed by atoms with E-state index in [0.717, 1.165) is 13.1 Å². The Hall–Kier alpha value is -2.65. The maximum absolute atomic E-state index is 12.1. The van der Waals surface area contributed by atoms with E-state index in [0.29, 0.717) is 16.9 Å². The fourth-order valence-electron chi connectivity index (χ4n) is 1.90. The van der Waals surface area contributed by atoms with Crippen LogP contribution in [-0.4, -0.2) is 34.0 Å². The maximum Gasteiger partial charge on any atom is 0.277 e. The number of benzene rings is 1. The zero-order valence-electron chi connectivity index (χ0n) is 10.7. The van der Waals surface area contributed by atoms with Crippen LogP contribution in [0.2, 0.25) is 0 Å². The molecular weight excluding hydrogens is 254 g/mol. The number of nitrogens with one attached hydrogen (secondary N) is 2. The van der Waals surface area contributed by atoms with Crippen LogP contribution in [0.1, 0.15) is 22.1 Å². The van der Waals surface area contributed by atoms with Crippen LogP contribution in [0.4, 0.5) is 5.69 Å². The van der Waals surface area contributed by atoms with Gasteiger partial charge in [-0.3, -0.25) is 4.79 Å². The van der Waals surface area contributed by atoms with Crippen molar-refractivity contribution in [2.24, 2.45) is 0 Å². The average Bonchev–Trinajstić information content (AvgIpc) is 2.86. The number of rotatable bonds is 3. The highest BCUT2D eigenvalue weighted by molar-refractivity contribution is 6.02. The first-order chi connectivity index (χ1) is 9.76. The summed E-state index contributed by atoms with van der Waals surface area (Å²) in [5, 5.41) is 13.8. The molecule has 1 aliphatic heterocycles. The lowest BCUT2D eigenvalue weighted by atomic mass is 10.2. The zero-order chi connectivity index (χ0) is 13.9. The molecule has 1 aliphatic rings. The summed E-state index contributed by atoms with van der Waals surface area (Å²) in [5.41, 5.74) is 1.65. The van der Waals surface area contributed by atoms with Gasteiger partial charge >= 0.3 is 0 Å². The third-order valence-electron chi connectivity index (χ3n) is 3.16. The van der Waals surface area contributed by atoms with Crippen molar-refractivity contribution in [1.82, 2.24) is 20.3 Å². The van der Waals surface area contributed by atoms with E-state index in [2.05, 4.69) is 26.9 Å². The van der Waals surface area contributed by atoms with Crippen molar-refractivity contribution in [1.29, 1.82) is 0 Å². The molecule has 1 aromatic heterocycles. The van der Waals surface area contributed by atoms with E-state index in [-0.39, 0.29) is 11.9 Å². The van der Waals surface area contributed by atoms with Crippen molar-refractivity contribution in [3.63, 3.8) is 0 Å². The van der Waals surface area contributed by atoms with E-state index in [1.54, 1.807) is 35.1 Å². The minimum absolute atomic E-state index is 0.286. The maximum atomic E-state index is 12.1. The minimum Gasteiger partial charge on any atom is -0.321 e. The van der Waals surface area contributed by atoms with Crippen molar-refractivity contribution in [3.05, 3.63) is 41.7 Å². The normalized spacial score (nSPS) is 14.3. The lowest BCUT2D eigenvalue weighted by Crippen LogP contribution is -2.43. The van der Waals surface area contributed by atoms with Crippen LogP contribution in [0.5, 0.6) is 0 Å². The second-order valence-corrected chi connectivity index (χ2v) is 4.58. The first-order valence-electron chi connectivity index (χ1n) is 6.27. The molecule has 20 heavy (non-hydrogen) atoms. The summed E-state index contributed by atoms with van der Waals surface area (Å²) >= 11 is 0. The Morgan fingerprint density at radius 3 is 3.05 bits per heavy atom. The van der Waals surface area contributed by atoms with Gasteiger partial charge in [0, 0.05) is 24.3 Å². The van der Waals surface area contributed by atoms with E-state index in [9.17, 15) is 4.79 Å². The van der Waals surface area contributed by atoms with Crippen molar-refractivity contribution in [2.45, 2.75) is 6.04 Å². The highest BCUT2D eigenvalue weighted by Crippen LogP contribution is 2.13. The van der Waals surface area contributed by atoms with E-state index in [1.807, 2.05) is 0 Å². The predicted molar refractivity (Wildman–Crippen MR) is 74.3 cm³/mol. The standard InChI is InChI=1S/C14H13N5O/c1-2-10-4-3-5-11(6-10)16-14(20)13-9-19(18-17-13)12-7-15-8-12/h1,3-6,9,12,15H,7-8H2,(H,16,20). The highest BCUT2D eigenvalue weighted by Gasteiger charge is 2.21. The van der Waals surface area contributed by atoms with Gasteiger partial charge < -0.3 is 10.6 Å². The molecule has 1 amide bonds. The summed E-state index contributed by atoms with van der Waals surface area (Å²) in [7, 11) is 0. The van der Waals surface area contributed by atoms with E-state index in [1.165, 1.54) is 0 Å². The third-order valence-corrected chi connectivity index (χ3v) is 3.16. The van der Waals surface area contributed by atoms with Crippen LogP contribution in [0, 0.1) is 12.3 Å². The molecule has 100 valence electrons. The lowest BCUT2D eigenvalue weighted by Gasteiger charge is -2.26. The molecule has 0 unspecified atom stereocenters. The van der Waals surface area contributed by atoms with Gasteiger partial charge in [-0.05, 0) is 18.2 Å². The molecule has 0 aliphatic carbocycles. The number of aromatic nitrogens is 3. The molecule has 2 aromatic rings. The van der Waals surface area contributed by atoms with Crippen LogP contribution < -0.4 is 10.6 Å². The fraction of sp³-hybridized carbons (Fsp3) is 0.214. The molecule has 0 saturated carbocycles. The Kier molecular flexibility index (Phi) is 3.19. The number of nitrogens with zero attached hydrogens (tertiary/aromatic N) is 3. The van der Waals surface area contributed by atoms with Crippen molar-refractivity contribution < 1.29 is 4.79 Å². The molecule has 2 N–H and O–H groups in total. The number of hydrogen-bond donors (Lipinski definition) is 2. The largest absolute Gasteiger partial charge is 0.321 e. The van der Waals surface area contributed by atoms with Crippen LogP contribution >= 0.6 is 0 Å². The Bertz CT molecular complexity index is 681.